The van der Waals surface area contributed by atoms with Gasteiger partial charge in [0.25, 0.3) is 0 Å². The Labute approximate surface area is 140 Å². The Morgan fingerprint density at radius 2 is 1.91 bits per heavy atom. The molecule has 0 radical (unpaired) electrons. The van der Waals surface area contributed by atoms with E-state index >= 15 is 0 Å². The number of nitrogens with zero attached hydrogens (tertiary/aromatic N) is 1. The van der Waals surface area contributed by atoms with Crippen molar-refractivity contribution in [2.45, 2.75) is 50.5 Å². The fourth-order valence-electron chi connectivity index (χ4n) is 2.95. The molecule has 22 heavy (non-hydrogen) atoms. The van der Waals surface area contributed by atoms with Gasteiger partial charge in [-0.2, -0.15) is 4.31 Å². The minimum Gasteiger partial charge on any atom is -0.330 e. The molecule has 6 heteroatoms. The van der Waals surface area contributed by atoms with Gasteiger partial charge in [-0.1, -0.05) is 26.0 Å². The molecule has 1 fully saturated rings. The monoisotopic (exact) mass is 346 g/mol. The second-order valence-corrected chi connectivity index (χ2v) is 8.03. The molecule has 1 saturated heterocycles. The topological polar surface area (TPSA) is 63.4 Å². The maximum Gasteiger partial charge on any atom is 0.243 e. The van der Waals surface area contributed by atoms with Crippen molar-refractivity contribution in [3.05, 3.63) is 29.8 Å². The van der Waals surface area contributed by atoms with E-state index in [1.807, 2.05) is 19.1 Å². The van der Waals surface area contributed by atoms with Gasteiger partial charge in [-0.15, -0.1) is 12.4 Å². The van der Waals surface area contributed by atoms with Gasteiger partial charge < -0.3 is 5.73 Å². The van der Waals surface area contributed by atoms with E-state index in [-0.39, 0.29) is 24.4 Å². The number of sulfonamides is 1. The normalized spacial score (nSPS) is 24.0. The molecule has 1 aliphatic heterocycles. The second kappa shape index (κ2) is 7.77. The molecule has 4 nitrogen and oxygen atoms in total. The summed E-state index contributed by atoms with van der Waals surface area (Å²) in [5.74, 6) is 0.725. The van der Waals surface area contributed by atoms with E-state index in [2.05, 4.69) is 13.8 Å². The quantitative estimate of drug-likeness (QED) is 0.891. The van der Waals surface area contributed by atoms with Gasteiger partial charge in [0.2, 0.25) is 10.0 Å². The molecule has 1 aromatic carbocycles. The highest BCUT2D eigenvalue weighted by Gasteiger charge is 2.37. The first kappa shape index (κ1) is 19.4. The highest BCUT2D eigenvalue weighted by atomic mass is 35.5. The minimum absolute atomic E-state index is 0. The summed E-state index contributed by atoms with van der Waals surface area (Å²) in [6.07, 6.45) is 1.90. The van der Waals surface area contributed by atoms with E-state index in [9.17, 15) is 8.42 Å². The van der Waals surface area contributed by atoms with Gasteiger partial charge in [-0.25, -0.2) is 8.42 Å². The first-order chi connectivity index (χ1) is 9.90. The van der Waals surface area contributed by atoms with Gasteiger partial charge in [0.1, 0.15) is 0 Å². The van der Waals surface area contributed by atoms with Crippen LogP contribution in [-0.4, -0.2) is 31.9 Å². The lowest BCUT2D eigenvalue weighted by Crippen LogP contribution is -2.34. The summed E-state index contributed by atoms with van der Waals surface area (Å²) in [7, 11) is -3.40. The van der Waals surface area contributed by atoms with Crippen LogP contribution >= 0.6 is 12.4 Å². The molecule has 3 atom stereocenters. The Kier molecular flexibility index (Phi) is 6.86. The van der Waals surface area contributed by atoms with Crippen LogP contribution in [0.5, 0.6) is 0 Å². The molecule has 0 bridgehead atoms. The summed E-state index contributed by atoms with van der Waals surface area (Å²) in [5, 5.41) is 0. The molecule has 0 amide bonds. The van der Waals surface area contributed by atoms with E-state index in [1.165, 1.54) is 5.56 Å². The summed E-state index contributed by atoms with van der Waals surface area (Å²) in [6.45, 7) is 7.32. The van der Waals surface area contributed by atoms with Crippen molar-refractivity contribution < 1.29 is 8.42 Å². The maximum atomic E-state index is 12.7. The van der Waals surface area contributed by atoms with Crippen molar-refractivity contribution in [1.29, 1.82) is 0 Å². The van der Waals surface area contributed by atoms with Gasteiger partial charge in [0, 0.05) is 12.6 Å². The van der Waals surface area contributed by atoms with Gasteiger partial charge in [0.15, 0.2) is 0 Å². The smallest absolute Gasteiger partial charge is 0.243 e. The zero-order valence-electron chi connectivity index (χ0n) is 13.5. The van der Waals surface area contributed by atoms with Gasteiger partial charge >= 0.3 is 0 Å². The third-order valence-corrected chi connectivity index (χ3v) is 6.60. The predicted molar refractivity (Wildman–Crippen MR) is 92.9 cm³/mol. The molecule has 2 N–H and O–H groups in total. The molecule has 0 aromatic heterocycles. The van der Waals surface area contributed by atoms with Crippen LogP contribution in [0.25, 0.3) is 0 Å². The molecule has 2 rings (SSSR count). The van der Waals surface area contributed by atoms with Gasteiger partial charge in [-0.05, 0) is 55.8 Å². The van der Waals surface area contributed by atoms with E-state index in [0.29, 0.717) is 23.9 Å². The Morgan fingerprint density at radius 1 is 1.32 bits per heavy atom. The van der Waals surface area contributed by atoms with E-state index in [0.717, 1.165) is 12.8 Å². The third-order valence-electron chi connectivity index (χ3n) is 4.61. The Hall–Kier alpha value is -0.620. The van der Waals surface area contributed by atoms with E-state index in [1.54, 1.807) is 16.4 Å². The van der Waals surface area contributed by atoms with Crippen LogP contribution in [0.4, 0.5) is 0 Å². The third kappa shape index (κ3) is 3.82. The second-order valence-electron chi connectivity index (χ2n) is 6.14. The molecular formula is C16H27ClN2O2S. The molecule has 0 aliphatic carbocycles. The van der Waals surface area contributed by atoms with Crippen molar-refractivity contribution in [1.82, 2.24) is 4.31 Å². The summed E-state index contributed by atoms with van der Waals surface area (Å²) in [6, 6.07) is 7.36. The van der Waals surface area contributed by atoms with Crippen LogP contribution in [-0.2, 0) is 10.0 Å². The zero-order valence-corrected chi connectivity index (χ0v) is 15.2. The van der Waals surface area contributed by atoms with Gasteiger partial charge in [0.05, 0.1) is 4.90 Å². The summed E-state index contributed by atoms with van der Waals surface area (Å²) < 4.78 is 27.1. The number of rotatable bonds is 5. The molecule has 1 heterocycles. The maximum absolute atomic E-state index is 12.7. The standard InChI is InChI=1S/C16H26N2O2S.ClH/c1-4-12(2)15-5-7-16(8-6-15)21(19,20)18-11-14(10-17)9-13(18)3;/h5-8,12-14H,4,9-11,17H2,1-3H3;1H. The number of benzene rings is 1. The lowest BCUT2D eigenvalue weighted by Gasteiger charge is -2.21. The molecule has 3 unspecified atom stereocenters. The average Bonchev–Trinajstić information content (AvgIpc) is 2.88. The number of hydrogen-bond donors (Lipinski definition) is 1. The van der Waals surface area contributed by atoms with Crippen molar-refractivity contribution >= 4 is 22.4 Å². The van der Waals surface area contributed by atoms with Gasteiger partial charge in [-0.3, -0.25) is 0 Å². The van der Waals surface area contributed by atoms with Crippen LogP contribution in [0, 0.1) is 5.92 Å². The predicted octanol–water partition coefficient (Wildman–Crippen LogP) is 2.98. The Balaban J connectivity index is 0.00000242. The molecular weight excluding hydrogens is 320 g/mol. The van der Waals surface area contributed by atoms with E-state index < -0.39 is 10.0 Å². The first-order valence-electron chi connectivity index (χ1n) is 7.72. The Bertz CT molecular complexity index is 574. The number of hydrogen-bond acceptors (Lipinski definition) is 3. The SMILES string of the molecule is CCC(C)c1ccc(S(=O)(=O)N2CC(CN)CC2C)cc1.Cl. The fourth-order valence-corrected chi connectivity index (χ4v) is 4.67. The van der Waals surface area contributed by atoms with Crippen LogP contribution in [0.1, 0.15) is 45.1 Å². The van der Waals surface area contributed by atoms with Crippen LogP contribution in [0.15, 0.2) is 29.2 Å². The van der Waals surface area contributed by atoms with Crippen molar-refractivity contribution in [2.24, 2.45) is 11.7 Å². The van der Waals surface area contributed by atoms with Crippen LogP contribution in [0.2, 0.25) is 0 Å². The molecule has 1 aliphatic rings. The minimum atomic E-state index is -3.40. The number of halogens is 1. The zero-order chi connectivity index (χ0) is 15.6. The highest BCUT2D eigenvalue weighted by molar-refractivity contribution is 7.89. The van der Waals surface area contributed by atoms with Crippen molar-refractivity contribution in [3.8, 4) is 0 Å². The Morgan fingerprint density at radius 3 is 2.36 bits per heavy atom. The largest absolute Gasteiger partial charge is 0.330 e. The summed E-state index contributed by atoms with van der Waals surface area (Å²) in [4.78, 5) is 0.388. The lowest BCUT2D eigenvalue weighted by molar-refractivity contribution is 0.404. The molecule has 0 spiro atoms. The lowest BCUT2D eigenvalue weighted by atomic mass is 9.99. The number of nitrogens with two attached hydrogens (primary N) is 1. The van der Waals surface area contributed by atoms with Crippen molar-refractivity contribution in [3.63, 3.8) is 0 Å². The molecule has 126 valence electrons. The molecule has 0 saturated carbocycles. The van der Waals surface area contributed by atoms with Crippen molar-refractivity contribution in [2.75, 3.05) is 13.1 Å². The van der Waals surface area contributed by atoms with Crippen LogP contribution < -0.4 is 5.73 Å². The fraction of sp³-hybridized carbons (Fsp3) is 0.625. The van der Waals surface area contributed by atoms with Crippen LogP contribution in [0.3, 0.4) is 0 Å². The average molecular weight is 347 g/mol. The highest BCUT2D eigenvalue weighted by Crippen LogP contribution is 2.29. The molecule has 1 aromatic rings. The summed E-state index contributed by atoms with van der Waals surface area (Å²) >= 11 is 0. The summed E-state index contributed by atoms with van der Waals surface area (Å²) in [5.41, 5.74) is 6.87. The van der Waals surface area contributed by atoms with E-state index in [4.69, 9.17) is 5.73 Å². The first-order valence-corrected chi connectivity index (χ1v) is 9.16.